The van der Waals surface area contributed by atoms with Crippen LogP contribution in [0.5, 0.6) is 11.5 Å². The smallest absolute Gasteiger partial charge is 0.254 e. The van der Waals surface area contributed by atoms with Gasteiger partial charge in [-0.25, -0.2) is 4.98 Å². The van der Waals surface area contributed by atoms with Crippen LogP contribution in [0, 0.1) is 0 Å². The van der Waals surface area contributed by atoms with Gasteiger partial charge < -0.3 is 19.2 Å². The van der Waals surface area contributed by atoms with Gasteiger partial charge in [0.2, 0.25) is 0 Å². The van der Waals surface area contributed by atoms with Crippen molar-refractivity contribution in [1.82, 2.24) is 14.9 Å². The zero-order chi connectivity index (χ0) is 18.1. The lowest BCUT2D eigenvalue weighted by Crippen LogP contribution is -2.35. The van der Waals surface area contributed by atoms with Gasteiger partial charge in [-0.05, 0) is 24.6 Å². The summed E-state index contributed by atoms with van der Waals surface area (Å²) in [4.78, 5) is 21.9. The maximum atomic E-state index is 12.4. The molecule has 4 rings (SSSR count). The van der Waals surface area contributed by atoms with E-state index in [1.807, 2.05) is 12.1 Å². The van der Waals surface area contributed by atoms with Gasteiger partial charge in [-0.3, -0.25) is 9.69 Å². The van der Waals surface area contributed by atoms with Crippen LogP contribution in [0.3, 0.4) is 0 Å². The summed E-state index contributed by atoms with van der Waals surface area (Å²) >= 11 is 0. The number of aromatic nitrogens is 2. The van der Waals surface area contributed by atoms with Crippen molar-refractivity contribution < 1.29 is 14.3 Å². The van der Waals surface area contributed by atoms with Gasteiger partial charge in [0, 0.05) is 36.8 Å². The third-order valence-corrected chi connectivity index (χ3v) is 4.59. The molecular weight excluding hydrogens is 334 g/mol. The number of fused-ring (bicyclic) bond motifs is 1. The van der Waals surface area contributed by atoms with Crippen LogP contribution in [0.2, 0.25) is 0 Å². The van der Waals surface area contributed by atoms with Crippen LogP contribution in [0.25, 0.3) is 11.6 Å². The number of hydrogen-bond acceptors (Lipinski definition) is 6. The predicted octanol–water partition coefficient (Wildman–Crippen LogP) is 2.30. The number of aromatic amines is 1. The fraction of sp³-hybridized carbons (Fsp3) is 0.263. The van der Waals surface area contributed by atoms with E-state index >= 15 is 0 Å². The summed E-state index contributed by atoms with van der Waals surface area (Å²) in [6, 6.07) is 8.80. The number of benzene rings is 1. The molecule has 0 unspecified atom stereocenters. The summed E-state index contributed by atoms with van der Waals surface area (Å²) in [5.41, 5.74) is 2.16. The Hall–Kier alpha value is -3.06. The Morgan fingerprint density at radius 1 is 1.38 bits per heavy atom. The molecule has 7 heteroatoms. The van der Waals surface area contributed by atoms with Gasteiger partial charge in [-0.1, -0.05) is 6.07 Å². The number of aromatic hydroxyl groups is 1. The Balaban J connectivity index is 1.58. The SMILES string of the molecule is COc1ccc(CN2CCc3c(nc(-c4ccco4)[nH]c3=O)C2)c(O)c1. The van der Waals surface area contributed by atoms with Crippen molar-refractivity contribution in [1.29, 1.82) is 0 Å². The Morgan fingerprint density at radius 3 is 3.00 bits per heavy atom. The van der Waals surface area contributed by atoms with Crippen LogP contribution in [-0.4, -0.2) is 33.6 Å². The number of furan rings is 1. The fourth-order valence-electron chi connectivity index (χ4n) is 3.20. The van der Waals surface area contributed by atoms with E-state index in [9.17, 15) is 9.90 Å². The lowest BCUT2D eigenvalue weighted by molar-refractivity contribution is 0.237. The molecule has 0 amide bonds. The highest BCUT2D eigenvalue weighted by molar-refractivity contribution is 5.47. The van der Waals surface area contributed by atoms with Crippen molar-refractivity contribution >= 4 is 0 Å². The first-order chi connectivity index (χ1) is 12.6. The van der Waals surface area contributed by atoms with Crippen molar-refractivity contribution in [2.75, 3.05) is 13.7 Å². The molecule has 26 heavy (non-hydrogen) atoms. The summed E-state index contributed by atoms with van der Waals surface area (Å²) in [6.45, 7) is 1.83. The summed E-state index contributed by atoms with van der Waals surface area (Å²) < 4.78 is 10.5. The number of methoxy groups -OCH3 is 1. The molecular formula is C19H19N3O4. The molecule has 0 saturated carbocycles. The van der Waals surface area contributed by atoms with E-state index in [0.29, 0.717) is 36.8 Å². The molecule has 2 N–H and O–H groups in total. The van der Waals surface area contributed by atoms with Crippen molar-refractivity contribution in [2.24, 2.45) is 0 Å². The van der Waals surface area contributed by atoms with Gasteiger partial charge in [0.25, 0.3) is 5.56 Å². The average Bonchev–Trinajstić information content (AvgIpc) is 3.18. The van der Waals surface area contributed by atoms with Gasteiger partial charge >= 0.3 is 0 Å². The fourth-order valence-corrected chi connectivity index (χ4v) is 3.20. The van der Waals surface area contributed by atoms with E-state index in [-0.39, 0.29) is 11.3 Å². The van der Waals surface area contributed by atoms with Gasteiger partial charge in [-0.15, -0.1) is 0 Å². The molecule has 7 nitrogen and oxygen atoms in total. The second-order valence-electron chi connectivity index (χ2n) is 6.27. The van der Waals surface area contributed by atoms with Crippen molar-refractivity contribution in [3.05, 3.63) is 63.8 Å². The molecule has 134 valence electrons. The molecule has 0 atom stereocenters. The standard InChI is InChI=1S/C19H19N3O4/c1-25-13-5-4-12(16(23)9-13)10-22-7-6-14-15(11-22)20-18(21-19(14)24)17-3-2-8-26-17/h2-5,8-9,23H,6-7,10-11H2,1H3,(H,20,21,24). The van der Waals surface area contributed by atoms with E-state index in [2.05, 4.69) is 14.9 Å². The molecule has 0 radical (unpaired) electrons. The van der Waals surface area contributed by atoms with E-state index < -0.39 is 0 Å². The maximum absolute atomic E-state index is 12.4. The van der Waals surface area contributed by atoms with Crippen LogP contribution in [0.4, 0.5) is 0 Å². The molecule has 0 saturated heterocycles. The van der Waals surface area contributed by atoms with Gasteiger partial charge in [0.05, 0.1) is 19.1 Å². The topological polar surface area (TPSA) is 91.6 Å². The average molecular weight is 353 g/mol. The number of nitrogens with zero attached hydrogens (tertiary/aromatic N) is 2. The van der Waals surface area contributed by atoms with Crippen LogP contribution in [0.15, 0.2) is 45.8 Å². The number of H-pyrrole nitrogens is 1. The number of ether oxygens (including phenoxy) is 1. The quantitative estimate of drug-likeness (QED) is 0.748. The minimum absolute atomic E-state index is 0.117. The Bertz CT molecular complexity index is 979. The van der Waals surface area contributed by atoms with Crippen LogP contribution in [-0.2, 0) is 19.5 Å². The molecule has 0 aliphatic carbocycles. The number of nitrogens with one attached hydrogen (secondary N) is 1. The number of phenols is 1. The van der Waals surface area contributed by atoms with Crippen LogP contribution in [0.1, 0.15) is 16.8 Å². The van der Waals surface area contributed by atoms with Crippen molar-refractivity contribution in [3.8, 4) is 23.1 Å². The van der Waals surface area contributed by atoms with Gasteiger partial charge in [-0.2, -0.15) is 0 Å². The highest BCUT2D eigenvalue weighted by Gasteiger charge is 2.22. The van der Waals surface area contributed by atoms with E-state index in [0.717, 1.165) is 23.4 Å². The number of rotatable bonds is 4. The maximum Gasteiger partial charge on any atom is 0.254 e. The first kappa shape index (κ1) is 16.4. The van der Waals surface area contributed by atoms with E-state index in [4.69, 9.17) is 9.15 Å². The Kier molecular flexibility index (Phi) is 4.22. The minimum atomic E-state index is -0.117. The Morgan fingerprint density at radius 2 is 2.27 bits per heavy atom. The highest BCUT2D eigenvalue weighted by Crippen LogP contribution is 2.26. The highest BCUT2D eigenvalue weighted by atomic mass is 16.5. The first-order valence-corrected chi connectivity index (χ1v) is 8.38. The zero-order valence-electron chi connectivity index (χ0n) is 14.4. The molecule has 2 aromatic heterocycles. The van der Waals surface area contributed by atoms with Crippen molar-refractivity contribution in [3.63, 3.8) is 0 Å². The van der Waals surface area contributed by atoms with Gasteiger partial charge in [0.15, 0.2) is 11.6 Å². The lowest BCUT2D eigenvalue weighted by Gasteiger charge is -2.27. The summed E-state index contributed by atoms with van der Waals surface area (Å²) in [5.74, 6) is 1.79. The third kappa shape index (κ3) is 3.09. The first-order valence-electron chi connectivity index (χ1n) is 8.38. The summed E-state index contributed by atoms with van der Waals surface area (Å²) in [6.07, 6.45) is 2.17. The molecule has 3 aromatic rings. The van der Waals surface area contributed by atoms with E-state index in [1.165, 1.54) is 0 Å². The minimum Gasteiger partial charge on any atom is -0.507 e. The third-order valence-electron chi connectivity index (χ3n) is 4.59. The van der Waals surface area contributed by atoms with Crippen molar-refractivity contribution in [2.45, 2.75) is 19.5 Å². The molecule has 0 bridgehead atoms. The normalized spacial score (nSPS) is 14.2. The second-order valence-corrected chi connectivity index (χ2v) is 6.27. The summed E-state index contributed by atoms with van der Waals surface area (Å²) in [5, 5.41) is 10.2. The molecule has 1 aliphatic heterocycles. The molecule has 0 fully saturated rings. The van der Waals surface area contributed by atoms with Crippen LogP contribution < -0.4 is 10.3 Å². The Labute approximate surface area is 149 Å². The molecule has 0 spiro atoms. The lowest BCUT2D eigenvalue weighted by atomic mass is 10.1. The summed E-state index contributed by atoms with van der Waals surface area (Å²) in [7, 11) is 1.57. The molecule has 1 aliphatic rings. The van der Waals surface area contributed by atoms with E-state index in [1.54, 1.807) is 31.6 Å². The second kappa shape index (κ2) is 6.68. The van der Waals surface area contributed by atoms with Gasteiger partial charge in [0.1, 0.15) is 11.5 Å². The largest absolute Gasteiger partial charge is 0.507 e. The monoisotopic (exact) mass is 353 g/mol. The van der Waals surface area contributed by atoms with Crippen LogP contribution >= 0.6 is 0 Å². The molecule has 1 aromatic carbocycles. The zero-order valence-corrected chi connectivity index (χ0v) is 14.4. The predicted molar refractivity (Wildman–Crippen MR) is 95.0 cm³/mol. The number of hydrogen-bond donors (Lipinski definition) is 2. The molecule has 3 heterocycles. The number of phenolic OH excluding ortho intramolecular Hbond substituents is 1.